The quantitative estimate of drug-likeness (QED) is 0.731. The molecule has 1 aliphatic heterocycles. The van der Waals surface area contributed by atoms with Gasteiger partial charge < -0.3 is 20.1 Å². The number of likely N-dealkylation sites (N-methyl/N-ethyl adjacent to an activating group) is 1. The van der Waals surface area contributed by atoms with Crippen molar-refractivity contribution in [1.82, 2.24) is 20.1 Å². The van der Waals surface area contributed by atoms with Crippen LogP contribution < -0.4 is 10.1 Å². The molecule has 2 fully saturated rings. The fraction of sp³-hybridized carbons (Fsp3) is 0.632. The maximum absolute atomic E-state index is 13.6. The molecule has 8 nitrogen and oxygen atoms in total. The van der Waals surface area contributed by atoms with Crippen LogP contribution in [0.3, 0.4) is 0 Å². The summed E-state index contributed by atoms with van der Waals surface area (Å²) < 4.78 is 19.2. The number of carboxylic acids is 1. The van der Waals surface area contributed by atoms with E-state index >= 15 is 0 Å². The highest BCUT2D eigenvalue weighted by atomic mass is 19.1. The van der Waals surface area contributed by atoms with Crippen molar-refractivity contribution in [2.75, 3.05) is 26.2 Å². The number of hydrogen-bond acceptors (Lipinski definition) is 5. The summed E-state index contributed by atoms with van der Waals surface area (Å²) in [4.78, 5) is 30.9. The van der Waals surface area contributed by atoms with Crippen LogP contribution >= 0.6 is 0 Å². The Labute approximate surface area is 163 Å². The Kier molecular flexibility index (Phi) is 6.66. The van der Waals surface area contributed by atoms with Gasteiger partial charge >= 0.3 is 12.0 Å². The van der Waals surface area contributed by atoms with Crippen LogP contribution in [0.2, 0.25) is 0 Å². The van der Waals surface area contributed by atoms with Gasteiger partial charge in [0.05, 0.1) is 6.54 Å². The van der Waals surface area contributed by atoms with E-state index in [1.165, 1.54) is 18.3 Å². The Morgan fingerprint density at radius 3 is 2.71 bits per heavy atom. The van der Waals surface area contributed by atoms with Gasteiger partial charge in [-0.15, -0.1) is 0 Å². The minimum atomic E-state index is -0.829. The second-order valence-electron chi connectivity index (χ2n) is 7.32. The molecule has 2 heterocycles. The van der Waals surface area contributed by atoms with E-state index in [0.29, 0.717) is 32.5 Å². The van der Waals surface area contributed by atoms with Gasteiger partial charge in [0.2, 0.25) is 0 Å². The van der Waals surface area contributed by atoms with Gasteiger partial charge in [-0.1, -0.05) is 6.92 Å². The average molecular weight is 394 g/mol. The van der Waals surface area contributed by atoms with Gasteiger partial charge in [-0.2, -0.15) is 0 Å². The molecule has 2 amide bonds. The Balaban J connectivity index is 1.38. The van der Waals surface area contributed by atoms with E-state index < -0.39 is 11.8 Å². The van der Waals surface area contributed by atoms with Gasteiger partial charge in [-0.05, 0) is 31.5 Å². The highest BCUT2D eigenvalue weighted by Crippen LogP contribution is 2.26. The number of piperidine rings is 1. The lowest BCUT2D eigenvalue weighted by Crippen LogP contribution is -2.57. The van der Waals surface area contributed by atoms with E-state index in [1.54, 1.807) is 4.90 Å². The number of nitrogens with zero attached hydrogens (tertiary/aromatic N) is 3. The molecule has 3 rings (SSSR count). The number of likely N-dealkylation sites (tertiary alicyclic amines) is 1. The monoisotopic (exact) mass is 394 g/mol. The third kappa shape index (κ3) is 5.09. The number of aromatic nitrogens is 1. The summed E-state index contributed by atoms with van der Waals surface area (Å²) in [6.45, 7) is 3.74. The van der Waals surface area contributed by atoms with Crippen LogP contribution in [0.15, 0.2) is 18.3 Å². The lowest BCUT2D eigenvalue weighted by Gasteiger charge is -2.43. The Bertz CT molecular complexity index is 690. The lowest BCUT2D eigenvalue weighted by atomic mass is 9.85. The zero-order valence-corrected chi connectivity index (χ0v) is 16.0. The Morgan fingerprint density at radius 2 is 2.11 bits per heavy atom. The van der Waals surface area contributed by atoms with E-state index in [9.17, 15) is 14.0 Å². The molecular weight excluding hydrogens is 367 g/mol. The highest BCUT2D eigenvalue weighted by Gasteiger charge is 2.36. The molecule has 0 bridgehead atoms. The number of aliphatic carboxylic acids is 1. The second kappa shape index (κ2) is 9.18. The van der Waals surface area contributed by atoms with Crippen LogP contribution in [0.4, 0.5) is 9.18 Å². The van der Waals surface area contributed by atoms with Crippen molar-refractivity contribution >= 4 is 12.0 Å². The molecule has 2 aliphatic rings. The van der Waals surface area contributed by atoms with Crippen LogP contribution in [-0.2, 0) is 4.79 Å². The predicted octanol–water partition coefficient (Wildman–Crippen LogP) is 1.71. The summed E-state index contributed by atoms with van der Waals surface area (Å²) >= 11 is 0. The lowest BCUT2D eigenvalue weighted by molar-refractivity contribution is -0.139. The number of halogens is 1. The van der Waals surface area contributed by atoms with Crippen LogP contribution in [0.1, 0.15) is 32.6 Å². The number of urea groups is 1. The van der Waals surface area contributed by atoms with Gasteiger partial charge in [-0.25, -0.2) is 14.2 Å². The number of hydrogen-bond donors (Lipinski definition) is 2. The number of pyridine rings is 1. The van der Waals surface area contributed by atoms with Crippen molar-refractivity contribution in [3.63, 3.8) is 0 Å². The SMILES string of the molecule is CCN(CC(=O)O)C1CC(NC(=O)N2CCC(Oc3ncccc3F)CC2)C1. The summed E-state index contributed by atoms with van der Waals surface area (Å²) in [6, 6.07) is 3.01. The summed E-state index contributed by atoms with van der Waals surface area (Å²) in [5.41, 5.74) is 0. The smallest absolute Gasteiger partial charge is 0.317 e. The van der Waals surface area contributed by atoms with Gasteiger partial charge in [0.15, 0.2) is 5.82 Å². The second-order valence-corrected chi connectivity index (χ2v) is 7.32. The van der Waals surface area contributed by atoms with Gasteiger partial charge in [0.1, 0.15) is 6.10 Å². The predicted molar refractivity (Wildman–Crippen MR) is 99.6 cm³/mol. The summed E-state index contributed by atoms with van der Waals surface area (Å²) in [6.07, 6.45) is 4.12. The molecule has 28 heavy (non-hydrogen) atoms. The van der Waals surface area contributed by atoms with Crippen molar-refractivity contribution in [2.24, 2.45) is 0 Å². The minimum Gasteiger partial charge on any atom is -0.480 e. The first-order valence-corrected chi connectivity index (χ1v) is 9.74. The number of rotatable bonds is 7. The van der Waals surface area contributed by atoms with Crippen molar-refractivity contribution in [1.29, 1.82) is 0 Å². The van der Waals surface area contributed by atoms with Crippen molar-refractivity contribution in [3.8, 4) is 5.88 Å². The normalized spacial score (nSPS) is 22.6. The number of amides is 2. The fourth-order valence-electron chi connectivity index (χ4n) is 3.74. The summed E-state index contributed by atoms with van der Waals surface area (Å²) in [5.74, 6) is -1.30. The number of carboxylic acid groups (broad SMARTS) is 1. The topological polar surface area (TPSA) is 95.0 Å². The van der Waals surface area contributed by atoms with Gasteiger partial charge in [0.25, 0.3) is 5.88 Å². The first-order chi connectivity index (χ1) is 13.5. The molecule has 9 heteroatoms. The molecule has 0 radical (unpaired) electrons. The average Bonchev–Trinajstić information content (AvgIpc) is 2.65. The molecule has 1 saturated carbocycles. The molecule has 1 aromatic rings. The maximum Gasteiger partial charge on any atom is 0.317 e. The zero-order chi connectivity index (χ0) is 20.1. The van der Waals surface area contributed by atoms with E-state index in [-0.39, 0.29) is 36.6 Å². The largest absolute Gasteiger partial charge is 0.480 e. The zero-order valence-electron chi connectivity index (χ0n) is 16.0. The number of carbonyl (C=O) groups is 2. The first kappa shape index (κ1) is 20.3. The van der Waals surface area contributed by atoms with Crippen LogP contribution in [0.25, 0.3) is 0 Å². The number of carbonyl (C=O) groups excluding carboxylic acids is 1. The number of ether oxygens (including phenoxy) is 1. The van der Waals surface area contributed by atoms with Crippen LogP contribution in [0.5, 0.6) is 5.88 Å². The fourth-order valence-corrected chi connectivity index (χ4v) is 3.74. The van der Waals surface area contributed by atoms with Crippen molar-refractivity contribution < 1.29 is 23.8 Å². The molecular formula is C19H27FN4O4. The van der Waals surface area contributed by atoms with E-state index in [1.807, 2.05) is 11.8 Å². The van der Waals surface area contributed by atoms with Gasteiger partial charge in [0, 0.05) is 44.2 Å². The van der Waals surface area contributed by atoms with Crippen LogP contribution in [0, 0.1) is 5.82 Å². The Morgan fingerprint density at radius 1 is 1.39 bits per heavy atom. The first-order valence-electron chi connectivity index (χ1n) is 9.74. The van der Waals surface area contributed by atoms with Gasteiger partial charge in [-0.3, -0.25) is 9.69 Å². The summed E-state index contributed by atoms with van der Waals surface area (Å²) in [5, 5.41) is 12.0. The molecule has 154 valence electrons. The number of nitrogens with one attached hydrogen (secondary N) is 1. The van der Waals surface area contributed by atoms with E-state index in [2.05, 4.69) is 10.3 Å². The minimum absolute atomic E-state index is 0.00718. The third-order valence-corrected chi connectivity index (χ3v) is 5.43. The highest BCUT2D eigenvalue weighted by molar-refractivity contribution is 5.74. The molecule has 0 atom stereocenters. The maximum atomic E-state index is 13.6. The molecule has 1 aliphatic carbocycles. The van der Waals surface area contributed by atoms with E-state index in [0.717, 1.165) is 12.8 Å². The van der Waals surface area contributed by atoms with E-state index in [4.69, 9.17) is 9.84 Å². The molecule has 0 unspecified atom stereocenters. The summed E-state index contributed by atoms with van der Waals surface area (Å²) in [7, 11) is 0. The van der Waals surface area contributed by atoms with Crippen molar-refractivity contribution in [3.05, 3.63) is 24.1 Å². The standard InChI is InChI=1S/C19H27FN4O4/c1-2-23(12-17(25)26)14-10-13(11-14)22-19(27)24-8-5-15(6-9-24)28-18-16(20)4-3-7-21-18/h3-4,7,13-15H,2,5-6,8-12H2,1H3,(H,22,27)(H,25,26). The molecule has 2 N–H and O–H groups in total. The van der Waals surface area contributed by atoms with Crippen LogP contribution in [-0.4, -0.2) is 76.3 Å². The molecule has 0 spiro atoms. The molecule has 0 aromatic carbocycles. The van der Waals surface area contributed by atoms with Crippen molar-refractivity contribution in [2.45, 2.75) is 50.8 Å². The third-order valence-electron chi connectivity index (χ3n) is 5.43. The molecule has 1 saturated heterocycles. The Hall–Kier alpha value is -2.42. The molecule has 1 aromatic heterocycles.